The first-order valence-corrected chi connectivity index (χ1v) is 10.7. The third-order valence-corrected chi connectivity index (χ3v) is 5.90. The minimum Gasteiger partial charge on any atom is -0.480 e. The van der Waals surface area contributed by atoms with Crippen LogP contribution in [0.4, 0.5) is 18.0 Å². The van der Waals surface area contributed by atoms with Gasteiger partial charge in [-0.25, -0.2) is 9.59 Å². The Balaban J connectivity index is 1.68. The van der Waals surface area contributed by atoms with Crippen molar-refractivity contribution in [3.63, 3.8) is 0 Å². The zero-order valence-electron chi connectivity index (χ0n) is 18.6. The number of ether oxygens (including phenoxy) is 1. The number of likely N-dealkylation sites (N-methyl/N-ethyl adjacent to an activating group) is 1. The number of amides is 2. The third-order valence-electron chi connectivity index (χ3n) is 5.90. The Kier molecular flexibility index (Phi) is 7.48. The minimum absolute atomic E-state index is 0.0954. The van der Waals surface area contributed by atoms with Gasteiger partial charge >= 0.3 is 18.2 Å². The van der Waals surface area contributed by atoms with Crippen molar-refractivity contribution in [2.24, 2.45) is 0 Å². The number of fused-ring (bicyclic) bond motifs is 3. The zero-order chi connectivity index (χ0) is 25.0. The summed E-state index contributed by atoms with van der Waals surface area (Å²) in [5.41, 5.74) is 3.75. The zero-order valence-corrected chi connectivity index (χ0v) is 18.6. The Bertz CT molecular complexity index is 1030. The molecular weight excluding hydrogens is 453 g/mol. The van der Waals surface area contributed by atoms with Gasteiger partial charge in [-0.15, -0.1) is 0 Å². The van der Waals surface area contributed by atoms with Gasteiger partial charge in [-0.05, 0) is 36.1 Å². The van der Waals surface area contributed by atoms with E-state index in [4.69, 9.17) is 9.84 Å². The summed E-state index contributed by atoms with van der Waals surface area (Å²) in [5, 5.41) is 10.8. The van der Waals surface area contributed by atoms with Crippen LogP contribution < -0.4 is 5.32 Å². The van der Waals surface area contributed by atoms with E-state index in [1.165, 1.54) is 13.8 Å². The van der Waals surface area contributed by atoms with Crippen molar-refractivity contribution in [2.45, 2.75) is 44.4 Å². The number of alkyl carbamates (subject to hydrolysis) is 1. The second-order valence-electron chi connectivity index (χ2n) is 7.96. The predicted octanol–water partition coefficient (Wildman–Crippen LogP) is 4.17. The first kappa shape index (κ1) is 25.1. The number of nitrogens with zero attached hydrogens (tertiary/aromatic N) is 1. The van der Waals surface area contributed by atoms with Crippen LogP contribution in [-0.2, 0) is 14.3 Å². The number of carbonyl (C=O) groups is 3. The van der Waals surface area contributed by atoms with E-state index < -0.39 is 42.7 Å². The first-order valence-electron chi connectivity index (χ1n) is 10.7. The summed E-state index contributed by atoms with van der Waals surface area (Å²) in [5.74, 6) is -2.72. The van der Waals surface area contributed by atoms with Crippen molar-refractivity contribution in [2.75, 3.05) is 13.2 Å². The SMILES string of the molecule is CCN(C(=O)CC(NC(=O)OCC1c2ccccc2-c2ccccc21)C(F)(F)F)C(C)C(=O)O. The average Bonchev–Trinajstić information content (AvgIpc) is 3.10. The maximum Gasteiger partial charge on any atom is 0.409 e. The highest BCUT2D eigenvalue weighted by atomic mass is 19.4. The van der Waals surface area contributed by atoms with Crippen molar-refractivity contribution in [1.82, 2.24) is 10.2 Å². The van der Waals surface area contributed by atoms with E-state index in [0.29, 0.717) is 0 Å². The number of benzene rings is 2. The Morgan fingerprint density at radius 1 is 1.06 bits per heavy atom. The second kappa shape index (κ2) is 10.1. The lowest BCUT2D eigenvalue weighted by molar-refractivity contribution is -0.165. The molecule has 2 aromatic rings. The highest BCUT2D eigenvalue weighted by molar-refractivity contribution is 5.84. The number of alkyl halides is 3. The van der Waals surface area contributed by atoms with Gasteiger partial charge in [0.25, 0.3) is 0 Å². The topological polar surface area (TPSA) is 95.9 Å². The normalized spacial score (nSPS) is 14.5. The fraction of sp³-hybridized carbons (Fsp3) is 0.375. The number of halogens is 3. The minimum atomic E-state index is -4.94. The molecule has 182 valence electrons. The summed E-state index contributed by atoms with van der Waals surface area (Å²) < 4.78 is 45.8. The van der Waals surface area contributed by atoms with Crippen molar-refractivity contribution in [3.05, 3.63) is 59.7 Å². The van der Waals surface area contributed by atoms with Gasteiger partial charge in [0, 0.05) is 12.5 Å². The van der Waals surface area contributed by atoms with Gasteiger partial charge < -0.3 is 20.1 Å². The van der Waals surface area contributed by atoms with Crippen molar-refractivity contribution in [3.8, 4) is 11.1 Å². The summed E-state index contributed by atoms with van der Waals surface area (Å²) in [6.45, 7) is 2.38. The summed E-state index contributed by atoms with van der Waals surface area (Å²) in [4.78, 5) is 36.6. The van der Waals surface area contributed by atoms with E-state index in [-0.39, 0.29) is 19.1 Å². The Labute approximate surface area is 194 Å². The largest absolute Gasteiger partial charge is 0.480 e. The highest BCUT2D eigenvalue weighted by Crippen LogP contribution is 2.44. The summed E-state index contributed by atoms with van der Waals surface area (Å²) in [7, 11) is 0. The number of carbonyl (C=O) groups excluding carboxylic acids is 2. The van der Waals surface area contributed by atoms with E-state index >= 15 is 0 Å². The summed E-state index contributed by atoms with van der Waals surface area (Å²) in [6, 6.07) is 11.2. The lowest BCUT2D eigenvalue weighted by atomic mass is 9.98. The van der Waals surface area contributed by atoms with Crippen LogP contribution in [0.1, 0.15) is 37.3 Å². The molecule has 2 amide bonds. The Hall–Kier alpha value is -3.56. The molecule has 0 aliphatic heterocycles. The molecule has 3 rings (SSSR count). The van der Waals surface area contributed by atoms with Crippen LogP contribution in [0.5, 0.6) is 0 Å². The van der Waals surface area contributed by atoms with Crippen LogP contribution in [0, 0.1) is 0 Å². The van der Waals surface area contributed by atoms with Crippen LogP contribution in [0.3, 0.4) is 0 Å². The number of carboxylic acids is 1. The molecule has 2 aromatic carbocycles. The molecule has 0 heterocycles. The fourth-order valence-electron chi connectivity index (χ4n) is 4.12. The smallest absolute Gasteiger partial charge is 0.409 e. The number of carboxylic acid groups (broad SMARTS) is 1. The number of rotatable bonds is 8. The Morgan fingerprint density at radius 3 is 2.06 bits per heavy atom. The molecule has 10 heteroatoms. The standard InChI is InChI=1S/C24H25F3N2O5/c1-3-29(14(2)22(31)32)21(30)12-20(24(25,26)27)28-23(33)34-13-19-17-10-6-4-8-15(17)16-9-5-7-11-18(16)19/h4-11,14,19-20H,3,12-13H2,1-2H3,(H,28,33)(H,31,32). The predicted molar refractivity (Wildman–Crippen MR) is 117 cm³/mol. The number of aliphatic carboxylic acids is 1. The van der Waals surface area contributed by atoms with E-state index in [2.05, 4.69) is 0 Å². The summed E-state index contributed by atoms with van der Waals surface area (Å²) in [6.07, 6.45) is -7.39. The molecule has 2 atom stereocenters. The molecule has 0 saturated carbocycles. The molecule has 1 aliphatic carbocycles. The molecule has 1 aliphatic rings. The first-order chi connectivity index (χ1) is 16.0. The highest BCUT2D eigenvalue weighted by Gasteiger charge is 2.43. The molecule has 2 unspecified atom stereocenters. The maximum absolute atomic E-state index is 13.5. The third kappa shape index (κ3) is 5.32. The van der Waals surface area contributed by atoms with Gasteiger partial charge in [0.2, 0.25) is 5.91 Å². The number of hydrogen-bond donors (Lipinski definition) is 2. The molecule has 0 aromatic heterocycles. The van der Waals surface area contributed by atoms with Crippen LogP contribution in [0.25, 0.3) is 11.1 Å². The van der Waals surface area contributed by atoms with Gasteiger partial charge in [-0.2, -0.15) is 13.2 Å². The van der Waals surface area contributed by atoms with Crippen LogP contribution in [0.2, 0.25) is 0 Å². The van der Waals surface area contributed by atoms with E-state index in [0.717, 1.165) is 27.2 Å². The quantitative estimate of drug-likeness (QED) is 0.594. The van der Waals surface area contributed by atoms with E-state index in [9.17, 15) is 27.6 Å². The van der Waals surface area contributed by atoms with Crippen LogP contribution in [0.15, 0.2) is 48.5 Å². The molecule has 0 radical (unpaired) electrons. The monoisotopic (exact) mass is 478 g/mol. The number of hydrogen-bond acceptors (Lipinski definition) is 4. The van der Waals surface area contributed by atoms with Gasteiger partial charge in [-0.3, -0.25) is 4.79 Å². The summed E-state index contributed by atoms with van der Waals surface area (Å²) >= 11 is 0. The average molecular weight is 478 g/mol. The fourth-order valence-corrected chi connectivity index (χ4v) is 4.12. The molecule has 34 heavy (non-hydrogen) atoms. The van der Waals surface area contributed by atoms with Gasteiger partial charge in [0.1, 0.15) is 18.7 Å². The molecule has 2 N–H and O–H groups in total. The Morgan fingerprint density at radius 2 is 1.59 bits per heavy atom. The van der Waals surface area contributed by atoms with Crippen molar-refractivity contribution in [1.29, 1.82) is 0 Å². The molecule has 7 nitrogen and oxygen atoms in total. The molecule has 0 saturated heterocycles. The van der Waals surface area contributed by atoms with Gasteiger partial charge in [0.15, 0.2) is 0 Å². The molecule has 0 fully saturated rings. The molecule has 0 bridgehead atoms. The lowest BCUT2D eigenvalue weighted by Gasteiger charge is -2.28. The second-order valence-corrected chi connectivity index (χ2v) is 7.96. The van der Waals surface area contributed by atoms with Gasteiger partial charge in [-0.1, -0.05) is 48.5 Å². The van der Waals surface area contributed by atoms with Crippen molar-refractivity contribution >= 4 is 18.0 Å². The maximum atomic E-state index is 13.5. The van der Waals surface area contributed by atoms with Crippen LogP contribution >= 0.6 is 0 Å². The number of nitrogens with one attached hydrogen (secondary N) is 1. The lowest BCUT2D eigenvalue weighted by Crippen LogP contribution is -2.51. The van der Waals surface area contributed by atoms with Crippen LogP contribution in [-0.4, -0.2) is 59.4 Å². The molecule has 0 spiro atoms. The van der Waals surface area contributed by atoms with E-state index in [1.54, 1.807) is 5.32 Å². The van der Waals surface area contributed by atoms with E-state index in [1.807, 2.05) is 48.5 Å². The molecular formula is C24H25F3N2O5. The van der Waals surface area contributed by atoms with Gasteiger partial charge in [0.05, 0.1) is 6.42 Å². The van der Waals surface area contributed by atoms with Crippen molar-refractivity contribution < 1.29 is 37.4 Å².